The molecule has 1 saturated carbocycles. The molecule has 1 atom stereocenters. The van der Waals surface area contributed by atoms with Crippen molar-refractivity contribution in [1.82, 2.24) is 10.2 Å². The fourth-order valence-electron chi connectivity index (χ4n) is 3.56. The Hall–Kier alpha value is -0.340. The lowest BCUT2D eigenvalue weighted by molar-refractivity contribution is 0.114. The maximum atomic E-state index is 5.58. The molecule has 0 amide bonds. The molecule has 2 fully saturated rings. The van der Waals surface area contributed by atoms with Gasteiger partial charge in [-0.05, 0) is 43.9 Å². The number of rotatable bonds is 6. The molecule has 1 unspecified atom stereocenters. The van der Waals surface area contributed by atoms with Crippen LogP contribution in [0.3, 0.4) is 0 Å². The molecule has 1 aliphatic carbocycles. The largest absolute Gasteiger partial charge is 0.381 e. The summed E-state index contributed by atoms with van der Waals surface area (Å²) in [6.07, 6.45) is 3.69. The number of halogens is 2. The van der Waals surface area contributed by atoms with E-state index in [0.717, 1.165) is 43.3 Å². The molecule has 1 aliphatic heterocycles. The van der Waals surface area contributed by atoms with Crippen molar-refractivity contribution in [3.63, 3.8) is 0 Å². The van der Waals surface area contributed by atoms with Crippen molar-refractivity contribution in [2.24, 2.45) is 10.9 Å². The normalized spacial score (nSPS) is 21.8. The molecule has 6 heteroatoms. The predicted molar refractivity (Wildman–Crippen MR) is 118 cm³/mol. The minimum atomic E-state index is 0. The standard InChI is InChI=1S/C19H28BrN3O.HI/c1-3-24-13-15-7-10-23(12-15)18(21-2)22-14-19(8-9-19)16-5-4-6-17(20)11-16;/h4-6,11,15H,3,7-10,12-14H2,1-2H3,(H,21,22);1H. The van der Waals surface area contributed by atoms with Gasteiger partial charge in [0.05, 0.1) is 6.61 Å². The molecule has 1 heterocycles. The summed E-state index contributed by atoms with van der Waals surface area (Å²) < 4.78 is 6.74. The number of nitrogens with zero attached hydrogens (tertiary/aromatic N) is 2. The van der Waals surface area contributed by atoms with E-state index in [0.29, 0.717) is 5.92 Å². The van der Waals surface area contributed by atoms with Crippen molar-refractivity contribution < 1.29 is 4.74 Å². The van der Waals surface area contributed by atoms with E-state index in [2.05, 4.69) is 62.3 Å². The van der Waals surface area contributed by atoms with Crippen LogP contribution >= 0.6 is 39.9 Å². The molecule has 1 N–H and O–H groups in total. The van der Waals surface area contributed by atoms with Crippen LogP contribution in [0.5, 0.6) is 0 Å². The highest BCUT2D eigenvalue weighted by molar-refractivity contribution is 14.0. The molecule has 0 spiro atoms. The fourth-order valence-corrected chi connectivity index (χ4v) is 3.96. The van der Waals surface area contributed by atoms with E-state index in [1.807, 2.05) is 7.05 Å². The molecule has 25 heavy (non-hydrogen) atoms. The Morgan fingerprint density at radius 2 is 2.24 bits per heavy atom. The summed E-state index contributed by atoms with van der Waals surface area (Å²) in [4.78, 5) is 6.88. The molecular formula is C19H29BrIN3O. The zero-order chi connectivity index (χ0) is 17.0. The Bertz CT molecular complexity index is 592. The third-order valence-electron chi connectivity index (χ3n) is 5.23. The first-order valence-electron chi connectivity index (χ1n) is 8.96. The van der Waals surface area contributed by atoms with Crippen LogP contribution in [0.25, 0.3) is 0 Å². The number of hydrogen-bond donors (Lipinski definition) is 1. The molecule has 1 aromatic carbocycles. The fraction of sp³-hybridized carbons (Fsp3) is 0.632. The maximum Gasteiger partial charge on any atom is 0.193 e. The first-order chi connectivity index (χ1) is 11.7. The third kappa shape index (κ3) is 5.32. The van der Waals surface area contributed by atoms with Gasteiger partial charge in [0.1, 0.15) is 0 Å². The van der Waals surface area contributed by atoms with E-state index in [1.165, 1.54) is 24.8 Å². The maximum absolute atomic E-state index is 5.58. The van der Waals surface area contributed by atoms with Crippen LogP contribution in [0.15, 0.2) is 33.7 Å². The zero-order valence-corrected chi connectivity index (χ0v) is 19.0. The second kappa shape index (κ2) is 9.55. The number of hydrogen-bond acceptors (Lipinski definition) is 2. The Labute approximate surface area is 176 Å². The summed E-state index contributed by atoms with van der Waals surface area (Å²) in [5.74, 6) is 1.67. The molecule has 4 nitrogen and oxygen atoms in total. The zero-order valence-electron chi connectivity index (χ0n) is 15.1. The lowest BCUT2D eigenvalue weighted by Crippen LogP contribution is -2.43. The summed E-state index contributed by atoms with van der Waals surface area (Å²) in [5.41, 5.74) is 1.71. The first kappa shape index (κ1) is 21.0. The van der Waals surface area contributed by atoms with E-state index in [-0.39, 0.29) is 29.4 Å². The van der Waals surface area contributed by atoms with Gasteiger partial charge in [-0.1, -0.05) is 28.1 Å². The van der Waals surface area contributed by atoms with Gasteiger partial charge >= 0.3 is 0 Å². The van der Waals surface area contributed by atoms with Crippen LogP contribution in [0.1, 0.15) is 31.7 Å². The number of nitrogens with one attached hydrogen (secondary N) is 1. The Morgan fingerprint density at radius 1 is 1.44 bits per heavy atom. The number of likely N-dealkylation sites (tertiary alicyclic amines) is 1. The van der Waals surface area contributed by atoms with Gasteiger partial charge in [0, 0.05) is 49.1 Å². The average molecular weight is 522 g/mol. The smallest absolute Gasteiger partial charge is 0.193 e. The predicted octanol–water partition coefficient (Wildman–Crippen LogP) is 4.03. The second-order valence-corrected chi connectivity index (χ2v) is 7.87. The van der Waals surface area contributed by atoms with Crippen molar-refractivity contribution in [1.29, 1.82) is 0 Å². The summed E-state index contributed by atoms with van der Waals surface area (Å²) in [5, 5.41) is 3.63. The number of ether oxygens (including phenoxy) is 1. The first-order valence-corrected chi connectivity index (χ1v) is 9.75. The Morgan fingerprint density at radius 3 is 2.88 bits per heavy atom. The molecule has 2 aliphatic rings. The van der Waals surface area contributed by atoms with Crippen molar-refractivity contribution >= 4 is 45.9 Å². The minimum absolute atomic E-state index is 0. The van der Waals surface area contributed by atoms with Crippen LogP contribution in [0.2, 0.25) is 0 Å². The highest BCUT2D eigenvalue weighted by Gasteiger charge is 2.44. The van der Waals surface area contributed by atoms with Gasteiger partial charge in [-0.2, -0.15) is 0 Å². The molecule has 0 radical (unpaired) electrons. The van der Waals surface area contributed by atoms with Crippen molar-refractivity contribution in [2.45, 2.75) is 31.6 Å². The van der Waals surface area contributed by atoms with Crippen molar-refractivity contribution in [2.75, 3.05) is 39.9 Å². The van der Waals surface area contributed by atoms with Crippen LogP contribution in [-0.2, 0) is 10.2 Å². The van der Waals surface area contributed by atoms with Gasteiger partial charge in [0.2, 0.25) is 0 Å². The average Bonchev–Trinajstić information content (AvgIpc) is 3.24. The molecule has 140 valence electrons. The number of aliphatic imine (C=N–C) groups is 1. The van der Waals surface area contributed by atoms with Gasteiger partial charge in [-0.3, -0.25) is 4.99 Å². The monoisotopic (exact) mass is 521 g/mol. The highest BCUT2D eigenvalue weighted by Crippen LogP contribution is 2.48. The quantitative estimate of drug-likeness (QED) is 0.349. The Balaban J connectivity index is 0.00000225. The summed E-state index contributed by atoms with van der Waals surface area (Å²) in [6, 6.07) is 8.73. The van der Waals surface area contributed by atoms with E-state index in [1.54, 1.807) is 0 Å². The summed E-state index contributed by atoms with van der Waals surface area (Å²) in [7, 11) is 1.89. The van der Waals surface area contributed by atoms with E-state index < -0.39 is 0 Å². The van der Waals surface area contributed by atoms with Crippen LogP contribution < -0.4 is 5.32 Å². The Kier molecular flexibility index (Phi) is 8.01. The van der Waals surface area contributed by atoms with Gasteiger partial charge in [0.25, 0.3) is 0 Å². The summed E-state index contributed by atoms with van der Waals surface area (Å²) >= 11 is 3.59. The molecule has 0 aromatic heterocycles. The van der Waals surface area contributed by atoms with Gasteiger partial charge < -0.3 is 15.0 Å². The lowest BCUT2D eigenvalue weighted by atomic mass is 9.96. The second-order valence-electron chi connectivity index (χ2n) is 6.95. The topological polar surface area (TPSA) is 36.9 Å². The van der Waals surface area contributed by atoms with Crippen LogP contribution in [-0.4, -0.2) is 50.8 Å². The molecule has 0 bridgehead atoms. The van der Waals surface area contributed by atoms with Crippen LogP contribution in [0.4, 0.5) is 0 Å². The highest BCUT2D eigenvalue weighted by atomic mass is 127. The summed E-state index contributed by atoms with van der Waals surface area (Å²) in [6.45, 7) is 6.81. The molecule has 3 rings (SSSR count). The lowest BCUT2D eigenvalue weighted by Gasteiger charge is -2.25. The molecule has 1 aromatic rings. The minimum Gasteiger partial charge on any atom is -0.381 e. The van der Waals surface area contributed by atoms with Gasteiger partial charge in [-0.25, -0.2) is 0 Å². The van der Waals surface area contributed by atoms with Gasteiger partial charge in [0.15, 0.2) is 5.96 Å². The van der Waals surface area contributed by atoms with Crippen LogP contribution in [0, 0.1) is 5.92 Å². The number of guanidine groups is 1. The molecule has 1 saturated heterocycles. The van der Waals surface area contributed by atoms with Crippen molar-refractivity contribution in [3.8, 4) is 0 Å². The molecular weight excluding hydrogens is 493 g/mol. The van der Waals surface area contributed by atoms with E-state index >= 15 is 0 Å². The van der Waals surface area contributed by atoms with E-state index in [4.69, 9.17) is 4.74 Å². The number of benzene rings is 1. The SMILES string of the molecule is CCOCC1CCN(C(=NC)NCC2(c3cccc(Br)c3)CC2)C1.I. The van der Waals surface area contributed by atoms with E-state index in [9.17, 15) is 0 Å². The van der Waals surface area contributed by atoms with Gasteiger partial charge in [-0.15, -0.1) is 24.0 Å². The third-order valence-corrected chi connectivity index (χ3v) is 5.72. The van der Waals surface area contributed by atoms with Crippen molar-refractivity contribution in [3.05, 3.63) is 34.3 Å².